The summed E-state index contributed by atoms with van der Waals surface area (Å²) in [4.78, 5) is 23.6. The number of rotatable bonds is 17. The second-order valence-electron chi connectivity index (χ2n) is 7.78. The summed E-state index contributed by atoms with van der Waals surface area (Å²) >= 11 is 17.6. The first kappa shape index (κ1) is 28.1. The number of esters is 2. The summed E-state index contributed by atoms with van der Waals surface area (Å²) in [6.45, 7) is 2.64. The number of benzene rings is 1. The van der Waals surface area contributed by atoms with Crippen LogP contribution in [0.25, 0.3) is 0 Å². The molecule has 1 aromatic rings. The topological polar surface area (TPSA) is 52.6 Å². The van der Waals surface area contributed by atoms with Gasteiger partial charge in [0.05, 0.1) is 34.5 Å². The van der Waals surface area contributed by atoms with E-state index in [4.69, 9.17) is 44.3 Å². The van der Waals surface area contributed by atoms with Crippen molar-refractivity contribution in [1.82, 2.24) is 0 Å². The largest absolute Gasteiger partial charge is 0.466 e. The molecule has 7 heteroatoms. The number of unbranched alkanes of at least 4 members (excludes halogenated alkanes) is 11. The lowest BCUT2D eigenvalue weighted by Gasteiger charge is -2.07. The lowest BCUT2D eigenvalue weighted by atomic mass is 10.1. The molecule has 176 valence electrons. The molecule has 0 aromatic heterocycles. The van der Waals surface area contributed by atoms with E-state index in [9.17, 15) is 9.59 Å². The first-order valence-corrected chi connectivity index (χ1v) is 12.6. The monoisotopic (exact) mass is 492 g/mol. The van der Waals surface area contributed by atoms with Gasteiger partial charge < -0.3 is 9.47 Å². The van der Waals surface area contributed by atoms with Gasteiger partial charge in [-0.2, -0.15) is 0 Å². The molecule has 0 amide bonds. The van der Waals surface area contributed by atoms with Gasteiger partial charge in [0.25, 0.3) is 0 Å². The summed E-state index contributed by atoms with van der Waals surface area (Å²) in [6, 6.07) is 2.80. The Balaban J connectivity index is 1.98. The van der Waals surface area contributed by atoms with Gasteiger partial charge in [-0.05, 0) is 6.42 Å². The molecule has 4 nitrogen and oxygen atoms in total. The normalized spacial score (nSPS) is 10.8. The molecular weight excluding hydrogens is 459 g/mol. The van der Waals surface area contributed by atoms with E-state index in [1.54, 1.807) is 0 Å². The Bertz CT molecular complexity index is 641. The van der Waals surface area contributed by atoms with Crippen LogP contribution in [0.1, 0.15) is 96.8 Å². The molecule has 1 aromatic carbocycles. The molecule has 0 saturated heterocycles. The van der Waals surface area contributed by atoms with Crippen LogP contribution in [-0.4, -0.2) is 18.5 Å². The highest BCUT2D eigenvalue weighted by atomic mass is 35.5. The molecule has 0 spiro atoms. The van der Waals surface area contributed by atoms with Crippen LogP contribution in [0.15, 0.2) is 12.1 Å². The van der Waals surface area contributed by atoms with Crippen molar-refractivity contribution in [2.45, 2.75) is 96.8 Å². The van der Waals surface area contributed by atoms with Crippen LogP contribution >= 0.6 is 34.8 Å². The number of carbonyl (C=O) groups excluding carboxylic acids is 2. The molecule has 0 fully saturated rings. The Morgan fingerprint density at radius 2 is 1.16 bits per heavy atom. The summed E-state index contributed by atoms with van der Waals surface area (Å²) in [5, 5.41) is 0.585. The standard InChI is InChI=1S/C24H35Cl3O4/c1-2-3-4-5-6-7-8-9-10-11-12-13-16-30-22(28)14-15-23(29)31-19-17-20(25)24(27)21(26)18-19/h17-18H,2-16H2,1H3. The fourth-order valence-corrected chi connectivity index (χ4v) is 3.76. The van der Waals surface area contributed by atoms with Crippen LogP contribution in [0.3, 0.4) is 0 Å². The fraction of sp³-hybridized carbons (Fsp3) is 0.667. The van der Waals surface area contributed by atoms with Gasteiger partial charge in [0.1, 0.15) is 5.75 Å². The molecule has 0 radical (unpaired) electrons. The van der Waals surface area contributed by atoms with Gasteiger partial charge in [0.2, 0.25) is 0 Å². The minimum atomic E-state index is -0.559. The molecule has 0 atom stereocenters. The zero-order valence-corrected chi connectivity index (χ0v) is 20.8. The molecule has 1 rings (SSSR count). The first-order valence-electron chi connectivity index (χ1n) is 11.4. The zero-order valence-electron chi connectivity index (χ0n) is 18.5. The van der Waals surface area contributed by atoms with Crippen LogP contribution in [0, 0.1) is 0 Å². The maximum Gasteiger partial charge on any atom is 0.311 e. The van der Waals surface area contributed by atoms with E-state index in [1.165, 1.54) is 76.3 Å². The van der Waals surface area contributed by atoms with Gasteiger partial charge in [-0.25, -0.2) is 0 Å². The van der Waals surface area contributed by atoms with Crippen molar-refractivity contribution in [3.05, 3.63) is 27.2 Å². The average Bonchev–Trinajstić information content (AvgIpc) is 2.73. The molecule has 31 heavy (non-hydrogen) atoms. The van der Waals surface area contributed by atoms with E-state index in [0.29, 0.717) is 6.61 Å². The number of halogens is 3. The first-order chi connectivity index (χ1) is 14.9. The van der Waals surface area contributed by atoms with E-state index in [2.05, 4.69) is 6.92 Å². The molecule has 0 N–H and O–H groups in total. The molecule has 0 heterocycles. The Hall–Kier alpha value is -0.970. The average molecular weight is 494 g/mol. The smallest absolute Gasteiger partial charge is 0.311 e. The Labute approximate surface area is 201 Å². The van der Waals surface area contributed by atoms with Crippen molar-refractivity contribution in [3.8, 4) is 5.75 Å². The SMILES string of the molecule is CCCCCCCCCCCCCCOC(=O)CCC(=O)Oc1cc(Cl)c(Cl)c(Cl)c1. The maximum atomic E-state index is 11.9. The Kier molecular flexibility index (Phi) is 15.9. The van der Waals surface area contributed by atoms with Crippen LogP contribution < -0.4 is 4.74 Å². The highest BCUT2D eigenvalue weighted by Gasteiger charge is 2.13. The fourth-order valence-electron chi connectivity index (χ4n) is 3.18. The predicted octanol–water partition coefficient (Wildman–Crippen LogP) is 8.58. The van der Waals surface area contributed by atoms with Gasteiger partial charge in [-0.1, -0.05) is 112 Å². The lowest BCUT2D eigenvalue weighted by molar-refractivity contribution is -0.147. The van der Waals surface area contributed by atoms with Crippen molar-refractivity contribution in [3.63, 3.8) is 0 Å². The zero-order chi connectivity index (χ0) is 22.9. The van der Waals surface area contributed by atoms with Crippen molar-refractivity contribution >= 4 is 46.7 Å². The number of hydrogen-bond donors (Lipinski definition) is 0. The number of hydrogen-bond acceptors (Lipinski definition) is 4. The molecule has 0 aliphatic rings. The molecule has 0 aliphatic heterocycles. The second-order valence-corrected chi connectivity index (χ2v) is 8.98. The van der Waals surface area contributed by atoms with Gasteiger partial charge >= 0.3 is 11.9 Å². The van der Waals surface area contributed by atoms with E-state index in [1.807, 2.05) is 0 Å². The van der Waals surface area contributed by atoms with Gasteiger partial charge in [0.15, 0.2) is 0 Å². The summed E-state index contributed by atoms with van der Waals surface area (Å²) in [5.74, 6) is -0.766. The quantitative estimate of drug-likeness (QED) is 0.0943. The summed E-state index contributed by atoms with van der Waals surface area (Å²) < 4.78 is 10.3. The van der Waals surface area contributed by atoms with Crippen LogP contribution in [0.5, 0.6) is 5.75 Å². The lowest BCUT2D eigenvalue weighted by Crippen LogP contribution is -2.13. The van der Waals surface area contributed by atoms with E-state index in [-0.39, 0.29) is 33.7 Å². The number of carbonyl (C=O) groups is 2. The van der Waals surface area contributed by atoms with Crippen LogP contribution in [0.4, 0.5) is 0 Å². The van der Waals surface area contributed by atoms with Gasteiger partial charge in [0, 0.05) is 12.1 Å². The van der Waals surface area contributed by atoms with Crippen LogP contribution in [-0.2, 0) is 14.3 Å². The highest BCUT2D eigenvalue weighted by Crippen LogP contribution is 2.34. The van der Waals surface area contributed by atoms with Crippen molar-refractivity contribution in [2.24, 2.45) is 0 Å². The second kappa shape index (κ2) is 17.6. The third-order valence-corrected chi connectivity index (χ3v) is 6.18. The Morgan fingerprint density at radius 3 is 1.68 bits per heavy atom. The van der Waals surface area contributed by atoms with Crippen LogP contribution in [0.2, 0.25) is 15.1 Å². The summed E-state index contributed by atoms with van der Waals surface area (Å²) in [7, 11) is 0. The van der Waals surface area contributed by atoms with Gasteiger partial charge in [-0.3, -0.25) is 9.59 Å². The van der Waals surface area contributed by atoms with E-state index < -0.39 is 11.9 Å². The molecular formula is C24H35Cl3O4. The molecule has 0 saturated carbocycles. The van der Waals surface area contributed by atoms with Crippen molar-refractivity contribution in [2.75, 3.05) is 6.61 Å². The highest BCUT2D eigenvalue weighted by molar-refractivity contribution is 6.48. The number of ether oxygens (including phenoxy) is 2. The Morgan fingerprint density at radius 1 is 0.710 bits per heavy atom. The van der Waals surface area contributed by atoms with E-state index >= 15 is 0 Å². The molecule has 0 unspecified atom stereocenters. The van der Waals surface area contributed by atoms with Crippen molar-refractivity contribution < 1.29 is 19.1 Å². The summed E-state index contributed by atoms with van der Waals surface area (Å²) in [6.07, 6.45) is 15.0. The third-order valence-electron chi connectivity index (χ3n) is 4.98. The minimum absolute atomic E-state index is 0.0217. The predicted molar refractivity (Wildman–Crippen MR) is 128 cm³/mol. The molecule has 0 aliphatic carbocycles. The summed E-state index contributed by atoms with van der Waals surface area (Å²) in [5.41, 5.74) is 0. The molecule has 0 bridgehead atoms. The van der Waals surface area contributed by atoms with Crippen molar-refractivity contribution in [1.29, 1.82) is 0 Å². The van der Waals surface area contributed by atoms with E-state index in [0.717, 1.165) is 12.8 Å². The minimum Gasteiger partial charge on any atom is -0.466 e. The maximum absolute atomic E-state index is 11.9. The van der Waals surface area contributed by atoms with Gasteiger partial charge in [-0.15, -0.1) is 0 Å². The third kappa shape index (κ3) is 13.9.